The van der Waals surface area contributed by atoms with Gasteiger partial charge in [0, 0.05) is 0 Å². The van der Waals surface area contributed by atoms with Crippen molar-refractivity contribution in [1.29, 1.82) is 0 Å². The van der Waals surface area contributed by atoms with Crippen LogP contribution in [0.1, 0.15) is 33.9 Å². The molecule has 0 saturated heterocycles. The molecule has 0 spiro atoms. The van der Waals surface area contributed by atoms with E-state index in [4.69, 9.17) is 14.2 Å². The van der Waals surface area contributed by atoms with Crippen LogP contribution in [-0.4, -0.2) is 44.5 Å². The highest BCUT2D eigenvalue weighted by Crippen LogP contribution is 2.24. The van der Waals surface area contributed by atoms with E-state index in [0.29, 0.717) is 16.4 Å². The molecule has 2 aromatic rings. The van der Waals surface area contributed by atoms with E-state index in [1.165, 1.54) is 31.6 Å². The quantitative estimate of drug-likeness (QED) is 0.510. The predicted octanol–water partition coefficient (Wildman–Crippen LogP) is 2.95. The number of esters is 1. The van der Waals surface area contributed by atoms with Crippen LogP contribution >= 0.6 is 11.3 Å². The van der Waals surface area contributed by atoms with E-state index in [-0.39, 0.29) is 17.4 Å². The minimum atomic E-state index is -0.866. The van der Waals surface area contributed by atoms with Crippen molar-refractivity contribution < 1.29 is 28.6 Å². The van der Waals surface area contributed by atoms with Crippen molar-refractivity contribution in [2.45, 2.75) is 19.9 Å². The number of ether oxygens (including phenoxy) is 3. The molecule has 8 heteroatoms. The summed E-state index contributed by atoms with van der Waals surface area (Å²) in [6.45, 7) is 3.10. The number of thiophene rings is 1. The Labute approximate surface area is 167 Å². The first-order valence-electron chi connectivity index (χ1n) is 8.63. The van der Waals surface area contributed by atoms with Crippen molar-refractivity contribution in [3.05, 3.63) is 46.2 Å². The molecule has 28 heavy (non-hydrogen) atoms. The molecule has 0 bridgehead atoms. The molecule has 2 rings (SSSR count). The second kappa shape index (κ2) is 9.89. The van der Waals surface area contributed by atoms with E-state index in [9.17, 15) is 14.4 Å². The largest absolute Gasteiger partial charge is 0.497 e. The number of methoxy groups -OCH3 is 2. The molecule has 0 radical (unpaired) electrons. The highest BCUT2D eigenvalue weighted by molar-refractivity contribution is 7.12. The zero-order valence-electron chi connectivity index (χ0n) is 16.2. The molecule has 1 amide bonds. The second-order valence-electron chi connectivity index (χ2n) is 6.27. The molecule has 0 aliphatic rings. The Bertz CT molecular complexity index is 831. The van der Waals surface area contributed by atoms with Gasteiger partial charge in [0.2, 0.25) is 5.78 Å². The maximum atomic E-state index is 12.5. The summed E-state index contributed by atoms with van der Waals surface area (Å²) in [6, 6.07) is 7.34. The van der Waals surface area contributed by atoms with Gasteiger partial charge in [-0.15, -0.1) is 11.3 Å². The van der Waals surface area contributed by atoms with E-state index < -0.39 is 24.4 Å². The minimum absolute atomic E-state index is 0.210. The zero-order valence-corrected chi connectivity index (χ0v) is 17.0. The van der Waals surface area contributed by atoms with E-state index >= 15 is 0 Å². The third kappa shape index (κ3) is 5.32. The Hall–Kier alpha value is -2.87. The fourth-order valence-corrected chi connectivity index (χ4v) is 3.08. The normalized spacial score (nSPS) is 11.6. The maximum absolute atomic E-state index is 12.5. The topological polar surface area (TPSA) is 90.9 Å². The number of ketones is 1. The van der Waals surface area contributed by atoms with Crippen molar-refractivity contribution in [3.8, 4) is 11.5 Å². The zero-order chi connectivity index (χ0) is 20.7. The van der Waals surface area contributed by atoms with Crippen molar-refractivity contribution in [2.24, 2.45) is 5.92 Å². The minimum Gasteiger partial charge on any atom is -0.497 e. The lowest BCUT2D eigenvalue weighted by molar-refractivity contribution is -0.145. The van der Waals surface area contributed by atoms with Crippen LogP contribution in [0.5, 0.6) is 11.5 Å². The van der Waals surface area contributed by atoms with E-state index in [2.05, 4.69) is 5.32 Å². The molecule has 0 aliphatic carbocycles. The van der Waals surface area contributed by atoms with Crippen LogP contribution in [0.3, 0.4) is 0 Å². The lowest BCUT2D eigenvalue weighted by Crippen LogP contribution is -2.45. The van der Waals surface area contributed by atoms with E-state index in [0.717, 1.165) is 0 Å². The Morgan fingerprint density at radius 2 is 1.86 bits per heavy atom. The Balaban J connectivity index is 2.04. The Kier molecular flexibility index (Phi) is 7.57. The van der Waals surface area contributed by atoms with Gasteiger partial charge in [-0.25, -0.2) is 4.79 Å². The van der Waals surface area contributed by atoms with Gasteiger partial charge in [-0.05, 0) is 35.6 Å². The van der Waals surface area contributed by atoms with Gasteiger partial charge in [0.05, 0.1) is 24.7 Å². The second-order valence-corrected chi connectivity index (χ2v) is 7.22. The molecule has 0 aliphatic heterocycles. The van der Waals surface area contributed by atoms with E-state index in [1.807, 2.05) is 0 Å². The maximum Gasteiger partial charge on any atom is 0.329 e. The average Bonchev–Trinajstić information content (AvgIpc) is 3.23. The van der Waals surface area contributed by atoms with Crippen molar-refractivity contribution >= 4 is 29.0 Å². The first-order chi connectivity index (χ1) is 13.4. The SMILES string of the molecule is COc1ccc(OC)c(C(=O)COC(=O)[C@@H](NC(=O)c2cccs2)C(C)C)c1. The number of benzene rings is 1. The molecule has 0 saturated carbocycles. The molecule has 1 aromatic heterocycles. The van der Waals surface area contributed by atoms with Crippen LogP contribution in [0, 0.1) is 5.92 Å². The molecule has 0 unspecified atom stereocenters. The lowest BCUT2D eigenvalue weighted by Gasteiger charge is -2.20. The first-order valence-corrected chi connectivity index (χ1v) is 9.51. The van der Waals surface area contributed by atoms with Gasteiger partial charge in [-0.1, -0.05) is 19.9 Å². The number of carbonyl (C=O) groups is 3. The number of carbonyl (C=O) groups excluding carboxylic acids is 3. The number of Topliss-reactive ketones (excluding diaryl/α,β-unsaturated/α-hetero) is 1. The number of hydrogen-bond donors (Lipinski definition) is 1. The van der Waals surface area contributed by atoms with Gasteiger partial charge in [-0.2, -0.15) is 0 Å². The highest BCUT2D eigenvalue weighted by Gasteiger charge is 2.27. The standard InChI is InChI=1S/C20H23NO6S/c1-12(2)18(21-19(23)17-6-5-9-28-17)20(24)27-11-15(22)14-10-13(25-3)7-8-16(14)26-4/h5-10,12,18H,11H2,1-4H3,(H,21,23)/t18-/m0/s1. The Morgan fingerprint density at radius 3 is 2.43 bits per heavy atom. The number of hydrogen-bond acceptors (Lipinski definition) is 7. The third-order valence-corrected chi connectivity index (χ3v) is 4.87. The summed E-state index contributed by atoms with van der Waals surface area (Å²) in [5.41, 5.74) is 0.248. The van der Waals surface area contributed by atoms with Gasteiger partial charge >= 0.3 is 5.97 Å². The van der Waals surface area contributed by atoms with Crippen LogP contribution in [-0.2, 0) is 9.53 Å². The predicted molar refractivity (Wildman–Crippen MR) is 105 cm³/mol. The molecule has 1 heterocycles. The fourth-order valence-electron chi connectivity index (χ4n) is 2.45. The van der Waals surface area contributed by atoms with Gasteiger partial charge < -0.3 is 19.5 Å². The smallest absolute Gasteiger partial charge is 0.329 e. The average molecular weight is 405 g/mol. The van der Waals surface area contributed by atoms with Crippen molar-refractivity contribution in [3.63, 3.8) is 0 Å². The summed E-state index contributed by atoms with van der Waals surface area (Å²) in [6.07, 6.45) is 0. The van der Waals surface area contributed by atoms with Crippen LogP contribution in [0.25, 0.3) is 0 Å². The molecular weight excluding hydrogens is 382 g/mol. The molecule has 0 fully saturated rings. The lowest BCUT2D eigenvalue weighted by atomic mass is 10.0. The number of rotatable bonds is 9. The summed E-state index contributed by atoms with van der Waals surface area (Å²) in [5, 5.41) is 4.44. The van der Waals surface area contributed by atoms with Gasteiger partial charge in [0.25, 0.3) is 5.91 Å². The monoisotopic (exact) mass is 405 g/mol. The fraction of sp³-hybridized carbons (Fsp3) is 0.350. The van der Waals surface area contributed by atoms with Crippen LogP contribution in [0.4, 0.5) is 0 Å². The van der Waals surface area contributed by atoms with Gasteiger partial charge in [0.15, 0.2) is 6.61 Å². The molecule has 1 aromatic carbocycles. The summed E-state index contributed by atoms with van der Waals surface area (Å²) in [4.78, 5) is 37.7. The van der Waals surface area contributed by atoms with Crippen molar-refractivity contribution in [1.82, 2.24) is 5.32 Å². The van der Waals surface area contributed by atoms with Crippen molar-refractivity contribution in [2.75, 3.05) is 20.8 Å². The van der Waals surface area contributed by atoms with Gasteiger partial charge in [-0.3, -0.25) is 9.59 Å². The number of amides is 1. The van der Waals surface area contributed by atoms with Crippen LogP contribution in [0.2, 0.25) is 0 Å². The van der Waals surface area contributed by atoms with Crippen LogP contribution < -0.4 is 14.8 Å². The summed E-state index contributed by atoms with van der Waals surface area (Å²) >= 11 is 1.28. The summed E-state index contributed by atoms with van der Waals surface area (Å²) in [7, 11) is 2.93. The Morgan fingerprint density at radius 1 is 1.11 bits per heavy atom. The van der Waals surface area contributed by atoms with E-state index in [1.54, 1.807) is 43.5 Å². The molecule has 7 nitrogen and oxygen atoms in total. The molecular formula is C20H23NO6S. The first kappa shape index (κ1) is 21.4. The third-order valence-electron chi connectivity index (χ3n) is 4.00. The summed E-state index contributed by atoms with van der Waals surface area (Å²) in [5.74, 6) is -0.831. The van der Waals surface area contributed by atoms with Gasteiger partial charge in [0.1, 0.15) is 17.5 Å². The molecule has 150 valence electrons. The molecule has 1 N–H and O–H groups in total. The molecule has 1 atom stereocenters. The summed E-state index contributed by atoms with van der Waals surface area (Å²) < 4.78 is 15.5. The number of nitrogens with one attached hydrogen (secondary N) is 1. The highest BCUT2D eigenvalue weighted by atomic mass is 32.1. The van der Waals surface area contributed by atoms with Crippen LogP contribution in [0.15, 0.2) is 35.7 Å².